The minimum atomic E-state index is 0.660. The molecule has 4 nitrogen and oxygen atoms in total. The minimum absolute atomic E-state index is 0.660. The third-order valence-corrected chi connectivity index (χ3v) is 12.2. The Balaban J connectivity index is 1.24. The van der Waals surface area contributed by atoms with E-state index in [1.165, 1.54) is 58.3 Å². The summed E-state index contributed by atoms with van der Waals surface area (Å²) in [5, 5.41) is 8.36. The highest BCUT2D eigenvalue weighted by Gasteiger charge is 2.24. The van der Waals surface area contributed by atoms with Crippen molar-refractivity contribution in [1.82, 2.24) is 19.1 Å². The smallest absolute Gasteiger partial charge is 0.235 e. The van der Waals surface area contributed by atoms with Crippen LogP contribution in [0.25, 0.3) is 109 Å². The average molecular weight is 719 g/mol. The maximum absolute atomic E-state index is 5.53. The second-order valence-corrected chi connectivity index (χ2v) is 15.2. The molecule has 0 spiro atoms. The molecule has 0 aliphatic carbocycles. The number of para-hydroxylation sites is 4. The second kappa shape index (κ2) is 11.7. The molecule has 0 atom stereocenters. The van der Waals surface area contributed by atoms with E-state index in [0.717, 1.165) is 44.4 Å². The zero-order chi connectivity index (χ0) is 36.0. The third-order valence-electron chi connectivity index (χ3n) is 11.1. The quantitative estimate of drug-likeness (QED) is 0.182. The molecule has 12 aromatic rings. The Morgan fingerprint density at radius 3 is 1.64 bits per heavy atom. The fourth-order valence-corrected chi connectivity index (χ4v) is 9.87. The van der Waals surface area contributed by atoms with Crippen LogP contribution in [0, 0.1) is 0 Å². The van der Waals surface area contributed by atoms with Crippen molar-refractivity contribution in [2.24, 2.45) is 0 Å². The highest BCUT2D eigenvalue weighted by Crippen LogP contribution is 2.47. The molecule has 0 N–H and O–H groups in total. The van der Waals surface area contributed by atoms with Crippen molar-refractivity contribution < 1.29 is 0 Å². The normalized spacial score (nSPS) is 12.0. The molecule has 0 bridgehead atoms. The topological polar surface area (TPSA) is 35.6 Å². The first-order valence-electron chi connectivity index (χ1n) is 18.6. The van der Waals surface area contributed by atoms with Gasteiger partial charge in [0, 0.05) is 58.4 Å². The second-order valence-electron chi connectivity index (χ2n) is 14.1. The van der Waals surface area contributed by atoms with Crippen molar-refractivity contribution in [2.45, 2.75) is 0 Å². The van der Waals surface area contributed by atoms with Gasteiger partial charge in [0.05, 0.1) is 33.3 Å². The molecule has 4 aromatic heterocycles. The van der Waals surface area contributed by atoms with E-state index in [2.05, 4.69) is 191 Å². The molecule has 0 aliphatic heterocycles. The van der Waals surface area contributed by atoms with Crippen LogP contribution < -0.4 is 0 Å². The van der Waals surface area contributed by atoms with Crippen LogP contribution in [0.4, 0.5) is 0 Å². The number of thiophene rings is 1. The number of fused-ring (bicyclic) bond motifs is 12. The summed E-state index contributed by atoms with van der Waals surface area (Å²) in [4.78, 5) is 10.9. The van der Waals surface area contributed by atoms with Crippen LogP contribution in [0.5, 0.6) is 0 Å². The molecule has 0 fully saturated rings. The van der Waals surface area contributed by atoms with E-state index in [1.54, 1.807) is 0 Å². The molecule has 55 heavy (non-hydrogen) atoms. The van der Waals surface area contributed by atoms with Gasteiger partial charge in [0.25, 0.3) is 0 Å². The molecule has 0 unspecified atom stereocenters. The van der Waals surface area contributed by atoms with Gasteiger partial charge in [-0.05, 0) is 59.7 Å². The fourth-order valence-electron chi connectivity index (χ4n) is 8.76. The summed E-state index contributed by atoms with van der Waals surface area (Å²) in [5.41, 5.74) is 11.0. The van der Waals surface area contributed by atoms with Crippen molar-refractivity contribution in [3.63, 3.8) is 0 Å². The van der Waals surface area contributed by atoms with Gasteiger partial charge in [-0.3, -0.25) is 4.57 Å². The monoisotopic (exact) mass is 718 g/mol. The standard InChI is InChI=1S/C50H30N4S/c1-3-14-31(15-4-1)32-16-13-17-33(30-32)47-39-22-7-10-23-40(39)51-50(52-47)54-42-25-12-9-21-36(42)38-27-29-44-46(49(38)54)45-43(55-44)28-26-37-35-20-8-11-24-41(35)53(48(37)45)34-18-5-2-6-19-34/h1-30H. The molecule has 4 heterocycles. The Kier molecular flexibility index (Phi) is 6.47. The van der Waals surface area contributed by atoms with E-state index in [0.29, 0.717) is 5.95 Å². The summed E-state index contributed by atoms with van der Waals surface area (Å²) >= 11 is 1.85. The molecule has 5 heteroatoms. The predicted molar refractivity (Wildman–Crippen MR) is 232 cm³/mol. The Bertz CT molecular complexity index is 3480. The van der Waals surface area contributed by atoms with Gasteiger partial charge in [0.2, 0.25) is 5.95 Å². The molecular formula is C50H30N4S. The Morgan fingerprint density at radius 1 is 0.382 bits per heavy atom. The summed E-state index contributed by atoms with van der Waals surface area (Å²) in [5.74, 6) is 0.660. The Labute approximate surface area is 319 Å². The Hall–Kier alpha value is -7.08. The first-order valence-corrected chi connectivity index (χ1v) is 19.4. The summed E-state index contributed by atoms with van der Waals surface area (Å²) in [7, 11) is 0. The highest BCUT2D eigenvalue weighted by atomic mass is 32.1. The van der Waals surface area contributed by atoms with Crippen LogP contribution in [0.2, 0.25) is 0 Å². The number of aromatic nitrogens is 4. The lowest BCUT2D eigenvalue weighted by Crippen LogP contribution is -2.03. The van der Waals surface area contributed by atoms with Crippen LogP contribution in [0.1, 0.15) is 0 Å². The van der Waals surface area contributed by atoms with Crippen molar-refractivity contribution >= 4 is 86.0 Å². The third kappa shape index (κ3) is 4.45. The van der Waals surface area contributed by atoms with Crippen molar-refractivity contribution in [2.75, 3.05) is 0 Å². The van der Waals surface area contributed by atoms with E-state index in [4.69, 9.17) is 9.97 Å². The van der Waals surface area contributed by atoms with E-state index < -0.39 is 0 Å². The summed E-state index contributed by atoms with van der Waals surface area (Å²) in [6.07, 6.45) is 0. The van der Waals surface area contributed by atoms with Gasteiger partial charge in [-0.15, -0.1) is 11.3 Å². The molecule has 0 radical (unpaired) electrons. The number of benzene rings is 8. The van der Waals surface area contributed by atoms with Crippen LogP contribution >= 0.6 is 11.3 Å². The van der Waals surface area contributed by atoms with Crippen molar-refractivity contribution in [3.8, 4) is 34.0 Å². The minimum Gasteiger partial charge on any atom is -0.309 e. The van der Waals surface area contributed by atoms with Gasteiger partial charge >= 0.3 is 0 Å². The molecule has 12 rings (SSSR count). The van der Waals surface area contributed by atoms with Gasteiger partial charge in [0.15, 0.2) is 0 Å². The van der Waals surface area contributed by atoms with E-state index in [1.807, 2.05) is 11.3 Å². The highest BCUT2D eigenvalue weighted by molar-refractivity contribution is 7.26. The van der Waals surface area contributed by atoms with Gasteiger partial charge < -0.3 is 4.57 Å². The molecular weight excluding hydrogens is 689 g/mol. The molecule has 0 amide bonds. The molecule has 0 saturated carbocycles. The molecule has 8 aromatic carbocycles. The summed E-state index contributed by atoms with van der Waals surface area (Å²) in [6, 6.07) is 65.1. The largest absolute Gasteiger partial charge is 0.309 e. The summed E-state index contributed by atoms with van der Waals surface area (Å²) < 4.78 is 7.27. The van der Waals surface area contributed by atoms with Crippen LogP contribution in [0.3, 0.4) is 0 Å². The van der Waals surface area contributed by atoms with Gasteiger partial charge in [0.1, 0.15) is 0 Å². The van der Waals surface area contributed by atoms with Crippen LogP contribution in [-0.4, -0.2) is 19.1 Å². The van der Waals surface area contributed by atoms with Crippen LogP contribution in [-0.2, 0) is 0 Å². The first kappa shape index (κ1) is 30.4. The summed E-state index contributed by atoms with van der Waals surface area (Å²) in [6.45, 7) is 0. The van der Waals surface area contributed by atoms with E-state index in [-0.39, 0.29) is 0 Å². The molecule has 0 saturated heterocycles. The first-order chi connectivity index (χ1) is 27.3. The van der Waals surface area contributed by atoms with Gasteiger partial charge in [-0.25, -0.2) is 9.97 Å². The lowest BCUT2D eigenvalue weighted by molar-refractivity contribution is 1.02. The lowest BCUT2D eigenvalue weighted by atomic mass is 10.00. The number of hydrogen-bond donors (Lipinski definition) is 0. The van der Waals surface area contributed by atoms with Crippen LogP contribution in [0.15, 0.2) is 182 Å². The van der Waals surface area contributed by atoms with Crippen molar-refractivity contribution in [1.29, 1.82) is 0 Å². The number of rotatable bonds is 4. The predicted octanol–water partition coefficient (Wildman–Crippen LogP) is 13.5. The van der Waals surface area contributed by atoms with Gasteiger partial charge in [-0.1, -0.05) is 133 Å². The van der Waals surface area contributed by atoms with E-state index >= 15 is 0 Å². The van der Waals surface area contributed by atoms with Crippen molar-refractivity contribution in [3.05, 3.63) is 182 Å². The molecule has 0 aliphatic rings. The number of hydrogen-bond acceptors (Lipinski definition) is 3. The number of nitrogens with zero attached hydrogens (tertiary/aromatic N) is 4. The fraction of sp³-hybridized carbons (Fsp3) is 0. The van der Waals surface area contributed by atoms with E-state index in [9.17, 15) is 0 Å². The average Bonchev–Trinajstić information content (AvgIpc) is 3.91. The van der Waals surface area contributed by atoms with Gasteiger partial charge in [-0.2, -0.15) is 0 Å². The lowest BCUT2D eigenvalue weighted by Gasteiger charge is -2.13. The maximum Gasteiger partial charge on any atom is 0.235 e. The Morgan fingerprint density at radius 2 is 0.927 bits per heavy atom. The molecule has 256 valence electrons. The maximum atomic E-state index is 5.53. The SMILES string of the molecule is c1ccc(-c2cccc(-c3nc(-n4c5ccccc5c5ccc6sc7ccc8c9ccccc9n(-c9ccccc9)c8c7c6c54)nc4ccccc34)c2)cc1. The zero-order valence-electron chi connectivity index (χ0n) is 29.5. The zero-order valence-corrected chi connectivity index (χ0v) is 30.3.